The fraction of sp³-hybridized carbons (Fsp3) is 0.667. The maximum absolute atomic E-state index is 5.08. The lowest BCUT2D eigenvalue weighted by molar-refractivity contribution is 0.186. The Hall–Kier alpha value is -0.790. The quantitative estimate of drug-likeness (QED) is 0.567. The van der Waals surface area contributed by atoms with Gasteiger partial charge in [0, 0.05) is 19.1 Å². The van der Waals surface area contributed by atoms with E-state index in [0.29, 0.717) is 5.41 Å². The third kappa shape index (κ3) is 3.21. The molecule has 1 heterocycles. The molecule has 0 bridgehead atoms. The molecule has 1 aliphatic heterocycles. The van der Waals surface area contributed by atoms with Crippen LogP contribution in [0.2, 0.25) is 0 Å². The number of allylic oxidation sites excluding steroid dienone is 2. The number of oxime groups is 1. The van der Waals surface area contributed by atoms with Gasteiger partial charge in [0.05, 0.1) is 0 Å². The Kier molecular flexibility index (Phi) is 2.32. The molecule has 62 valence electrons. The Balaban J connectivity index is 2.44. The zero-order chi connectivity index (χ0) is 8.32. The van der Waals surface area contributed by atoms with Crippen LogP contribution in [0.25, 0.3) is 0 Å². The molecule has 1 rings (SSSR count). The summed E-state index contributed by atoms with van der Waals surface area (Å²) in [5.74, 6) is 1.00. The van der Waals surface area contributed by atoms with Gasteiger partial charge in [-0.15, -0.1) is 0 Å². The van der Waals surface area contributed by atoms with Crippen molar-refractivity contribution in [2.45, 2.75) is 33.6 Å². The molecule has 0 aromatic carbocycles. The van der Waals surface area contributed by atoms with E-state index >= 15 is 0 Å². The van der Waals surface area contributed by atoms with E-state index in [0.717, 1.165) is 18.6 Å². The minimum Gasteiger partial charge on any atom is -0.362 e. The smallest absolute Gasteiger partial charge is 0.131 e. The van der Waals surface area contributed by atoms with E-state index < -0.39 is 0 Å². The molecule has 0 N–H and O–H groups in total. The van der Waals surface area contributed by atoms with E-state index in [4.69, 9.17) is 4.84 Å². The second kappa shape index (κ2) is 3.07. The van der Waals surface area contributed by atoms with Crippen LogP contribution < -0.4 is 0 Å². The van der Waals surface area contributed by atoms with Gasteiger partial charge in [-0.25, -0.2) is 0 Å². The van der Waals surface area contributed by atoms with Crippen LogP contribution in [0, 0.1) is 5.41 Å². The van der Waals surface area contributed by atoms with Crippen molar-refractivity contribution in [2.24, 2.45) is 10.6 Å². The highest BCUT2D eigenvalue weighted by atomic mass is 16.6. The lowest BCUT2D eigenvalue weighted by Crippen LogP contribution is -2.08. The highest BCUT2D eigenvalue weighted by Gasteiger charge is 2.14. The Morgan fingerprint density at radius 2 is 2.27 bits per heavy atom. The van der Waals surface area contributed by atoms with Gasteiger partial charge in [-0.1, -0.05) is 25.9 Å². The summed E-state index contributed by atoms with van der Waals surface area (Å²) in [7, 11) is 0. The van der Waals surface area contributed by atoms with E-state index in [2.05, 4.69) is 32.0 Å². The highest BCUT2D eigenvalue weighted by molar-refractivity contribution is 5.59. The van der Waals surface area contributed by atoms with E-state index in [1.165, 1.54) is 0 Å². The van der Waals surface area contributed by atoms with E-state index in [-0.39, 0.29) is 0 Å². The van der Waals surface area contributed by atoms with Gasteiger partial charge in [0.1, 0.15) is 5.76 Å². The zero-order valence-corrected chi connectivity index (χ0v) is 7.42. The van der Waals surface area contributed by atoms with E-state index in [9.17, 15) is 0 Å². The van der Waals surface area contributed by atoms with Gasteiger partial charge in [0.15, 0.2) is 0 Å². The monoisotopic (exact) mass is 153 g/mol. The average molecular weight is 153 g/mol. The van der Waals surface area contributed by atoms with Gasteiger partial charge in [0.2, 0.25) is 0 Å². The van der Waals surface area contributed by atoms with Gasteiger partial charge in [-0.05, 0) is 11.5 Å². The van der Waals surface area contributed by atoms with Crippen molar-refractivity contribution < 1.29 is 4.84 Å². The third-order valence-electron chi connectivity index (χ3n) is 1.40. The van der Waals surface area contributed by atoms with Gasteiger partial charge in [-0.3, -0.25) is 0 Å². The van der Waals surface area contributed by atoms with Crippen LogP contribution in [0.3, 0.4) is 0 Å². The molecule has 11 heavy (non-hydrogen) atoms. The molecule has 0 spiro atoms. The lowest BCUT2D eigenvalue weighted by atomic mass is 9.91. The molecule has 0 saturated carbocycles. The highest BCUT2D eigenvalue weighted by Crippen LogP contribution is 2.25. The van der Waals surface area contributed by atoms with Crippen LogP contribution in [0.5, 0.6) is 0 Å². The van der Waals surface area contributed by atoms with Gasteiger partial charge >= 0.3 is 0 Å². The van der Waals surface area contributed by atoms with Crippen LogP contribution in [0.15, 0.2) is 17.0 Å². The van der Waals surface area contributed by atoms with E-state index in [1.54, 1.807) is 6.21 Å². The summed E-state index contributed by atoms with van der Waals surface area (Å²) in [5, 5.41) is 3.75. The summed E-state index contributed by atoms with van der Waals surface area (Å²) >= 11 is 0. The van der Waals surface area contributed by atoms with Gasteiger partial charge < -0.3 is 4.84 Å². The van der Waals surface area contributed by atoms with Crippen LogP contribution >= 0.6 is 0 Å². The van der Waals surface area contributed by atoms with Gasteiger partial charge in [-0.2, -0.15) is 0 Å². The summed E-state index contributed by atoms with van der Waals surface area (Å²) in [6.07, 6.45) is 5.72. The molecule has 2 heteroatoms. The molecule has 0 unspecified atom stereocenters. The van der Waals surface area contributed by atoms with Crippen molar-refractivity contribution in [1.82, 2.24) is 0 Å². The number of hydrogen-bond donors (Lipinski definition) is 0. The Bertz CT molecular complexity index is 186. The first kappa shape index (κ1) is 8.31. The molecular formula is C9H15NO. The summed E-state index contributed by atoms with van der Waals surface area (Å²) in [6.45, 7) is 6.57. The largest absolute Gasteiger partial charge is 0.362 e. The van der Waals surface area contributed by atoms with Crippen LogP contribution in [-0.2, 0) is 4.84 Å². The van der Waals surface area contributed by atoms with Crippen molar-refractivity contribution in [2.75, 3.05) is 0 Å². The summed E-state index contributed by atoms with van der Waals surface area (Å²) in [4.78, 5) is 5.08. The molecule has 0 fully saturated rings. The normalized spacial score (nSPS) is 17.5. The summed E-state index contributed by atoms with van der Waals surface area (Å²) < 4.78 is 0. The van der Waals surface area contributed by atoms with Crippen molar-refractivity contribution in [3.8, 4) is 0 Å². The van der Waals surface area contributed by atoms with Crippen molar-refractivity contribution >= 4 is 6.21 Å². The van der Waals surface area contributed by atoms with Crippen molar-refractivity contribution in [3.63, 3.8) is 0 Å². The predicted molar refractivity (Wildman–Crippen MR) is 46.3 cm³/mol. The number of rotatable bonds is 1. The second-order valence-electron chi connectivity index (χ2n) is 4.02. The van der Waals surface area contributed by atoms with E-state index in [1.807, 2.05) is 0 Å². The zero-order valence-electron chi connectivity index (χ0n) is 7.42. The molecule has 0 aliphatic carbocycles. The first-order valence-electron chi connectivity index (χ1n) is 3.96. The topological polar surface area (TPSA) is 21.6 Å². The fourth-order valence-corrected chi connectivity index (χ4v) is 0.997. The molecule has 0 aromatic heterocycles. The molecule has 0 amide bonds. The average Bonchev–Trinajstić information content (AvgIpc) is 1.85. The standard InChI is InChI=1S/C9H15NO/c1-9(2,3)7-8-5-4-6-10-11-8/h5-6H,4,7H2,1-3H3. The maximum Gasteiger partial charge on any atom is 0.131 e. The molecule has 0 atom stereocenters. The number of hydrogen-bond acceptors (Lipinski definition) is 2. The SMILES string of the molecule is CC(C)(C)CC1=CCC=NO1. The number of nitrogens with zero attached hydrogens (tertiary/aromatic N) is 1. The molecule has 0 radical (unpaired) electrons. The molecule has 0 aromatic rings. The Morgan fingerprint density at radius 3 is 2.73 bits per heavy atom. The first-order valence-corrected chi connectivity index (χ1v) is 3.96. The predicted octanol–water partition coefficient (Wildman–Crippen LogP) is 2.71. The first-order chi connectivity index (χ1) is 5.08. The van der Waals surface area contributed by atoms with Crippen molar-refractivity contribution in [3.05, 3.63) is 11.8 Å². The third-order valence-corrected chi connectivity index (χ3v) is 1.40. The van der Waals surface area contributed by atoms with Gasteiger partial charge in [0.25, 0.3) is 0 Å². The molecular weight excluding hydrogens is 138 g/mol. The minimum atomic E-state index is 0.290. The molecule has 1 aliphatic rings. The van der Waals surface area contributed by atoms with Crippen LogP contribution in [0.4, 0.5) is 0 Å². The lowest BCUT2D eigenvalue weighted by Gasteiger charge is -2.19. The minimum absolute atomic E-state index is 0.290. The van der Waals surface area contributed by atoms with Crippen LogP contribution in [0.1, 0.15) is 33.6 Å². The molecule has 2 nitrogen and oxygen atoms in total. The van der Waals surface area contributed by atoms with Crippen molar-refractivity contribution in [1.29, 1.82) is 0 Å². The summed E-state index contributed by atoms with van der Waals surface area (Å²) in [5.41, 5.74) is 0.290. The fourth-order valence-electron chi connectivity index (χ4n) is 0.997. The summed E-state index contributed by atoms with van der Waals surface area (Å²) in [6, 6.07) is 0. The Morgan fingerprint density at radius 1 is 1.55 bits per heavy atom. The van der Waals surface area contributed by atoms with Crippen LogP contribution in [-0.4, -0.2) is 6.21 Å². The maximum atomic E-state index is 5.08. The Labute approximate surface area is 67.9 Å². The molecule has 0 saturated heterocycles. The second-order valence-corrected chi connectivity index (χ2v) is 4.02.